The number of nitro benzene ring substituents is 1. The number of nitro groups is 1. The van der Waals surface area contributed by atoms with E-state index in [0.717, 1.165) is 11.0 Å². The monoisotopic (exact) mass is 347 g/mol. The van der Waals surface area contributed by atoms with Crippen LogP contribution in [0.15, 0.2) is 42.1 Å². The first-order valence-corrected chi connectivity index (χ1v) is 8.17. The van der Waals surface area contributed by atoms with Crippen molar-refractivity contribution < 1.29 is 9.72 Å². The fourth-order valence-corrected chi connectivity index (χ4v) is 2.89. The minimum Gasteiger partial charge on any atom is -0.326 e. The summed E-state index contributed by atoms with van der Waals surface area (Å²) >= 11 is 1.43. The van der Waals surface area contributed by atoms with Crippen LogP contribution >= 0.6 is 11.8 Å². The molecule has 0 bridgehead atoms. The Bertz CT molecular complexity index is 759. The van der Waals surface area contributed by atoms with E-state index >= 15 is 0 Å². The summed E-state index contributed by atoms with van der Waals surface area (Å²) in [4.78, 5) is 22.2. The Morgan fingerprint density at radius 3 is 3.00 bits per heavy atom. The molecule has 0 fully saturated rings. The third kappa shape index (κ3) is 4.66. The largest absolute Gasteiger partial charge is 0.326 e. The Balaban J connectivity index is 1.87. The molecule has 1 heterocycles. The van der Waals surface area contributed by atoms with E-state index in [1.807, 2.05) is 11.5 Å². The first kappa shape index (κ1) is 17.7. The molecule has 0 radical (unpaired) electrons. The van der Waals surface area contributed by atoms with Gasteiger partial charge in [-0.1, -0.05) is 23.9 Å². The molecule has 0 saturated carbocycles. The Morgan fingerprint density at radius 1 is 1.50 bits per heavy atom. The molecule has 2 aromatic rings. The van der Waals surface area contributed by atoms with Crippen LogP contribution in [0.2, 0.25) is 0 Å². The van der Waals surface area contributed by atoms with Crippen LogP contribution in [0.1, 0.15) is 12.2 Å². The van der Waals surface area contributed by atoms with Crippen molar-refractivity contribution in [2.45, 2.75) is 25.0 Å². The Kier molecular flexibility index (Phi) is 6.07. The zero-order valence-corrected chi connectivity index (χ0v) is 14.0. The molecule has 1 aromatic heterocycles. The lowest BCUT2D eigenvalue weighted by Crippen LogP contribution is -2.12. The molecule has 2 rings (SSSR count). The number of carbonyl (C=O) groups is 1. The van der Waals surface area contributed by atoms with Crippen molar-refractivity contribution in [2.75, 3.05) is 11.1 Å². The van der Waals surface area contributed by atoms with E-state index < -0.39 is 4.92 Å². The number of carbonyl (C=O) groups excluding carboxylic acids is 1. The number of amides is 1. The number of allylic oxidation sites excluding steroid dienone is 1. The summed E-state index contributed by atoms with van der Waals surface area (Å²) in [5.41, 5.74) is 0.347. The van der Waals surface area contributed by atoms with Gasteiger partial charge in [0.05, 0.1) is 4.92 Å². The van der Waals surface area contributed by atoms with Crippen molar-refractivity contribution >= 4 is 29.0 Å². The van der Waals surface area contributed by atoms with Gasteiger partial charge in [0, 0.05) is 36.5 Å². The van der Waals surface area contributed by atoms with Crippen LogP contribution in [0.25, 0.3) is 0 Å². The van der Waals surface area contributed by atoms with Crippen molar-refractivity contribution in [3.05, 3.63) is 52.9 Å². The van der Waals surface area contributed by atoms with Gasteiger partial charge in [-0.3, -0.25) is 14.9 Å². The van der Waals surface area contributed by atoms with E-state index in [4.69, 9.17) is 0 Å². The lowest BCUT2D eigenvalue weighted by molar-refractivity contribution is -0.384. The van der Waals surface area contributed by atoms with Crippen molar-refractivity contribution in [3.8, 4) is 0 Å². The standard InChI is InChI=1S/C15H17N5O3S/c1-3-8-19-11(2)17-18-15(19)24-9-7-14(21)16-12-5-4-6-13(10-12)20(22)23/h3-6,10H,1,7-9H2,2H3,(H,16,21). The lowest BCUT2D eigenvalue weighted by atomic mass is 10.3. The van der Waals surface area contributed by atoms with Crippen molar-refractivity contribution in [2.24, 2.45) is 0 Å². The molecular weight excluding hydrogens is 330 g/mol. The van der Waals surface area contributed by atoms with Crippen LogP contribution in [-0.2, 0) is 11.3 Å². The summed E-state index contributed by atoms with van der Waals surface area (Å²) in [7, 11) is 0. The zero-order valence-electron chi connectivity index (χ0n) is 13.1. The van der Waals surface area contributed by atoms with Gasteiger partial charge in [-0.25, -0.2) is 0 Å². The zero-order chi connectivity index (χ0) is 17.5. The Morgan fingerprint density at radius 2 is 2.29 bits per heavy atom. The van der Waals surface area contributed by atoms with Crippen molar-refractivity contribution in [3.63, 3.8) is 0 Å². The minimum absolute atomic E-state index is 0.0600. The predicted molar refractivity (Wildman–Crippen MR) is 92.0 cm³/mol. The highest BCUT2D eigenvalue weighted by molar-refractivity contribution is 7.99. The normalized spacial score (nSPS) is 10.4. The predicted octanol–water partition coefficient (Wildman–Crippen LogP) is 2.80. The van der Waals surface area contributed by atoms with Gasteiger partial charge in [0.2, 0.25) is 5.91 Å². The van der Waals surface area contributed by atoms with Gasteiger partial charge in [-0.2, -0.15) is 0 Å². The van der Waals surface area contributed by atoms with Crippen LogP contribution in [0.3, 0.4) is 0 Å². The number of nitrogens with zero attached hydrogens (tertiary/aromatic N) is 4. The van der Waals surface area contributed by atoms with Gasteiger partial charge < -0.3 is 9.88 Å². The summed E-state index contributed by atoms with van der Waals surface area (Å²) in [5.74, 6) is 1.10. The third-order valence-electron chi connectivity index (χ3n) is 3.11. The summed E-state index contributed by atoms with van der Waals surface area (Å²) in [6, 6.07) is 5.85. The van der Waals surface area contributed by atoms with Gasteiger partial charge in [-0.05, 0) is 13.0 Å². The number of aryl methyl sites for hydroxylation is 1. The first-order valence-electron chi connectivity index (χ1n) is 7.19. The van der Waals surface area contributed by atoms with Gasteiger partial charge in [0.1, 0.15) is 5.82 Å². The molecule has 1 N–H and O–H groups in total. The number of thioether (sulfide) groups is 1. The molecule has 8 nitrogen and oxygen atoms in total. The molecule has 1 amide bonds. The minimum atomic E-state index is -0.500. The number of hydrogen-bond acceptors (Lipinski definition) is 6. The molecule has 9 heteroatoms. The van der Waals surface area contributed by atoms with Crippen molar-refractivity contribution in [1.82, 2.24) is 14.8 Å². The summed E-state index contributed by atoms with van der Waals surface area (Å²) in [6.07, 6.45) is 2.02. The van der Waals surface area contributed by atoms with Gasteiger partial charge in [-0.15, -0.1) is 16.8 Å². The Hall–Kier alpha value is -2.68. The second kappa shape index (κ2) is 8.25. The summed E-state index contributed by atoms with van der Waals surface area (Å²) < 4.78 is 1.91. The molecule has 1 aromatic carbocycles. The molecule has 0 aliphatic rings. The van der Waals surface area contributed by atoms with Gasteiger partial charge in [0.15, 0.2) is 5.16 Å². The molecule has 0 spiro atoms. The topological polar surface area (TPSA) is 103 Å². The van der Waals surface area contributed by atoms with Crippen LogP contribution in [0.4, 0.5) is 11.4 Å². The van der Waals surface area contributed by atoms with E-state index in [2.05, 4.69) is 22.1 Å². The van der Waals surface area contributed by atoms with E-state index in [0.29, 0.717) is 18.0 Å². The number of benzene rings is 1. The highest BCUT2D eigenvalue weighted by Gasteiger charge is 2.11. The average molecular weight is 347 g/mol. The number of non-ortho nitro benzene ring substituents is 1. The molecule has 0 atom stereocenters. The maximum atomic E-state index is 11.9. The highest BCUT2D eigenvalue weighted by atomic mass is 32.2. The second-order valence-corrected chi connectivity index (χ2v) is 5.95. The fourth-order valence-electron chi connectivity index (χ4n) is 1.96. The van der Waals surface area contributed by atoms with Crippen molar-refractivity contribution in [1.29, 1.82) is 0 Å². The molecular formula is C15H17N5O3S. The number of anilines is 1. The summed E-state index contributed by atoms with van der Waals surface area (Å²) in [5, 5.41) is 22.2. The molecule has 0 aliphatic heterocycles. The second-order valence-electron chi connectivity index (χ2n) is 4.88. The smallest absolute Gasteiger partial charge is 0.271 e. The Labute approximate surface area is 143 Å². The number of hydrogen-bond donors (Lipinski definition) is 1. The van der Waals surface area contributed by atoms with Crippen LogP contribution < -0.4 is 5.32 Å². The summed E-state index contributed by atoms with van der Waals surface area (Å²) in [6.45, 7) is 6.16. The molecule has 126 valence electrons. The number of nitrogens with one attached hydrogen (secondary N) is 1. The molecule has 0 aliphatic carbocycles. The fraction of sp³-hybridized carbons (Fsp3) is 0.267. The van der Waals surface area contributed by atoms with Crippen LogP contribution in [0, 0.1) is 17.0 Å². The van der Waals surface area contributed by atoms with Crippen LogP contribution in [0.5, 0.6) is 0 Å². The van der Waals surface area contributed by atoms with Crippen LogP contribution in [-0.4, -0.2) is 31.3 Å². The molecule has 0 unspecified atom stereocenters. The van der Waals surface area contributed by atoms with E-state index in [-0.39, 0.29) is 18.0 Å². The maximum absolute atomic E-state index is 11.9. The average Bonchev–Trinajstić information content (AvgIpc) is 2.89. The van der Waals surface area contributed by atoms with E-state index in [1.165, 1.54) is 30.0 Å². The molecule has 24 heavy (non-hydrogen) atoms. The maximum Gasteiger partial charge on any atom is 0.271 e. The van der Waals surface area contributed by atoms with E-state index in [9.17, 15) is 14.9 Å². The highest BCUT2D eigenvalue weighted by Crippen LogP contribution is 2.19. The molecule has 0 saturated heterocycles. The first-order chi connectivity index (χ1) is 11.5. The van der Waals surface area contributed by atoms with Gasteiger partial charge in [0.25, 0.3) is 5.69 Å². The lowest BCUT2D eigenvalue weighted by Gasteiger charge is -2.06. The SMILES string of the molecule is C=CCn1c(C)nnc1SCCC(=O)Nc1cccc([N+](=O)[O-])c1. The number of aromatic nitrogens is 3. The van der Waals surface area contributed by atoms with Gasteiger partial charge >= 0.3 is 0 Å². The quantitative estimate of drug-likeness (QED) is 0.341. The number of rotatable bonds is 8. The van der Waals surface area contributed by atoms with E-state index in [1.54, 1.807) is 12.1 Å². The third-order valence-corrected chi connectivity index (χ3v) is 4.08.